The van der Waals surface area contributed by atoms with Crippen molar-refractivity contribution in [1.82, 2.24) is 5.32 Å². The quantitative estimate of drug-likeness (QED) is 0.911. The molecular weight excluding hydrogens is 241 g/mol. The molecule has 0 saturated carbocycles. The van der Waals surface area contributed by atoms with Gasteiger partial charge in [-0.3, -0.25) is 0 Å². The fraction of sp³-hybridized carbons (Fsp3) is 0.250. The summed E-state index contributed by atoms with van der Waals surface area (Å²) in [4.78, 5) is 0. The average molecular weight is 257 g/mol. The van der Waals surface area contributed by atoms with E-state index < -0.39 is 0 Å². The van der Waals surface area contributed by atoms with Crippen molar-refractivity contribution < 1.29 is 9.13 Å². The first-order chi connectivity index (χ1) is 9.34. The second kappa shape index (κ2) is 5.41. The van der Waals surface area contributed by atoms with Gasteiger partial charge in [0.05, 0.1) is 5.56 Å². The summed E-state index contributed by atoms with van der Waals surface area (Å²) >= 11 is 0. The van der Waals surface area contributed by atoms with Gasteiger partial charge in [-0.15, -0.1) is 0 Å². The highest BCUT2D eigenvalue weighted by Crippen LogP contribution is 2.33. The van der Waals surface area contributed by atoms with Gasteiger partial charge in [-0.2, -0.15) is 0 Å². The first kappa shape index (κ1) is 12.2. The SMILES string of the molecule is Fc1cccc(O[C@H]2CCNC2)c1-c1ccccc1. The average Bonchev–Trinajstić information content (AvgIpc) is 2.93. The summed E-state index contributed by atoms with van der Waals surface area (Å²) in [6.07, 6.45) is 1.09. The van der Waals surface area contributed by atoms with Gasteiger partial charge in [-0.1, -0.05) is 36.4 Å². The minimum absolute atomic E-state index is 0.129. The molecule has 1 saturated heterocycles. The Hall–Kier alpha value is -1.87. The number of rotatable bonds is 3. The Morgan fingerprint density at radius 2 is 1.89 bits per heavy atom. The lowest BCUT2D eigenvalue weighted by atomic mass is 10.0. The van der Waals surface area contributed by atoms with Crippen molar-refractivity contribution in [2.45, 2.75) is 12.5 Å². The lowest BCUT2D eigenvalue weighted by Crippen LogP contribution is -2.20. The zero-order valence-electron chi connectivity index (χ0n) is 10.6. The molecule has 1 heterocycles. The van der Waals surface area contributed by atoms with Gasteiger partial charge in [0.1, 0.15) is 17.7 Å². The Balaban J connectivity index is 1.97. The molecule has 0 bridgehead atoms. The first-order valence-corrected chi connectivity index (χ1v) is 6.56. The van der Waals surface area contributed by atoms with Gasteiger partial charge in [0.15, 0.2) is 0 Å². The molecule has 19 heavy (non-hydrogen) atoms. The van der Waals surface area contributed by atoms with Crippen molar-refractivity contribution in [1.29, 1.82) is 0 Å². The highest BCUT2D eigenvalue weighted by molar-refractivity contribution is 5.71. The molecule has 0 spiro atoms. The van der Waals surface area contributed by atoms with Gasteiger partial charge in [0.25, 0.3) is 0 Å². The maximum Gasteiger partial charge on any atom is 0.134 e. The van der Waals surface area contributed by atoms with Crippen LogP contribution in [0.2, 0.25) is 0 Å². The van der Waals surface area contributed by atoms with E-state index in [2.05, 4.69) is 5.32 Å². The van der Waals surface area contributed by atoms with Crippen LogP contribution in [-0.4, -0.2) is 19.2 Å². The molecule has 1 atom stereocenters. The normalized spacial score (nSPS) is 18.5. The van der Waals surface area contributed by atoms with Crippen LogP contribution in [0.1, 0.15) is 6.42 Å². The Morgan fingerprint density at radius 1 is 1.05 bits per heavy atom. The van der Waals surface area contributed by atoms with Crippen LogP contribution in [0.25, 0.3) is 11.1 Å². The summed E-state index contributed by atoms with van der Waals surface area (Å²) in [6, 6.07) is 14.5. The van der Waals surface area contributed by atoms with Gasteiger partial charge in [0.2, 0.25) is 0 Å². The summed E-state index contributed by atoms with van der Waals surface area (Å²) in [5.74, 6) is 0.384. The molecule has 2 nitrogen and oxygen atoms in total. The van der Waals surface area contributed by atoms with Gasteiger partial charge < -0.3 is 10.1 Å². The van der Waals surface area contributed by atoms with E-state index in [1.54, 1.807) is 6.07 Å². The topological polar surface area (TPSA) is 21.3 Å². The minimum atomic E-state index is -0.241. The summed E-state index contributed by atoms with van der Waals surface area (Å²) in [5, 5.41) is 3.25. The van der Waals surface area contributed by atoms with Crippen molar-refractivity contribution >= 4 is 0 Å². The number of halogens is 1. The van der Waals surface area contributed by atoms with E-state index in [-0.39, 0.29) is 11.9 Å². The molecule has 98 valence electrons. The van der Waals surface area contributed by atoms with Gasteiger partial charge >= 0.3 is 0 Å². The summed E-state index contributed by atoms with van der Waals surface area (Å²) in [5.41, 5.74) is 1.40. The van der Waals surface area contributed by atoms with Crippen LogP contribution in [0.15, 0.2) is 48.5 Å². The number of benzene rings is 2. The van der Waals surface area contributed by atoms with Crippen LogP contribution in [0, 0.1) is 5.82 Å². The molecule has 0 unspecified atom stereocenters. The molecule has 0 radical (unpaired) electrons. The molecule has 1 aliphatic heterocycles. The molecule has 1 aliphatic rings. The minimum Gasteiger partial charge on any atom is -0.488 e. The molecular formula is C16H16FNO. The van der Waals surface area contributed by atoms with E-state index in [0.29, 0.717) is 11.3 Å². The predicted molar refractivity (Wildman–Crippen MR) is 73.7 cm³/mol. The fourth-order valence-electron chi connectivity index (χ4n) is 2.40. The largest absolute Gasteiger partial charge is 0.488 e. The van der Waals surface area contributed by atoms with Crippen molar-refractivity contribution in [2.75, 3.05) is 13.1 Å². The van der Waals surface area contributed by atoms with Crippen LogP contribution in [-0.2, 0) is 0 Å². The van der Waals surface area contributed by atoms with Crippen molar-refractivity contribution in [3.63, 3.8) is 0 Å². The van der Waals surface area contributed by atoms with E-state index in [0.717, 1.165) is 25.1 Å². The van der Waals surface area contributed by atoms with E-state index in [1.165, 1.54) is 6.07 Å². The van der Waals surface area contributed by atoms with Crippen molar-refractivity contribution in [3.05, 3.63) is 54.3 Å². The smallest absolute Gasteiger partial charge is 0.134 e. The lowest BCUT2D eigenvalue weighted by Gasteiger charge is -2.16. The third-order valence-corrected chi connectivity index (χ3v) is 3.35. The van der Waals surface area contributed by atoms with Crippen LogP contribution in [0.5, 0.6) is 5.75 Å². The van der Waals surface area contributed by atoms with Crippen LogP contribution >= 0.6 is 0 Å². The van der Waals surface area contributed by atoms with E-state index in [9.17, 15) is 4.39 Å². The third-order valence-electron chi connectivity index (χ3n) is 3.35. The van der Waals surface area contributed by atoms with Crippen LogP contribution in [0.3, 0.4) is 0 Å². The number of ether oxygens (including phenoxy) is 1. The number of hydrogen-bond acceptors (Lipinski definition) is 2. The molecule has 0 aliphatic carbocycles. The first-order valence-electron chi connectivity index (χ1n) is 6.56. The van der Waals surface area contributed by atoms with Gasteiger partial charge in [-0.25, -0.2) is 4.39 Å². The zero-order chi connectivity index (χ0) is 13.1. The van der Waals surface area contributed by atoms with Gasteiger partial charge in [-0.05, 0) is 30.7 Å². The Bertz CT molecular complexity index is 550. The molecule has 3 heteroatoms. The highest BCUT2D eigenvalue weighted by Gasteiger charge is 2.19. The molecule has 0 aromatic heterocycles. The van der Waals surface area contributed by atoms with Crippen molar-refractivity contribution in [2.24, 2.45) is 0 Å². The molecule has 2 aromatic rings. The predicted octanol–water partition coefficient (Wildman–Crippen LogP) is 3.23. The zero-order valence-corrected chi connectivity index (χ0v) is 10.6. The fourth-order valence-corrected chi connectivity index (χ4v) is 2.40. The summed E-state index contributed by atoms with van der Waals surface area (Å²) in [6.45, 7) is 1.78. The maximum atomic E-state index is 14.1. The Labute approximate surface area is 112 Å². The number of hydrogen-bond donors (Lipinski definition) is 1. The monoisotopic (exact) mass is 257 g/mol. The molecule has 1 N–H and O–H groups in total. The van der Waals surface area contributed by atoms with Crippen LogP contribution in [0.4, 0.5) is 4.39 Å². The van der Waals surface area contributed by atoms with Crippen LogP contribution < -0.4 is 10.1 Å². The standard InChI is InChI=1S/C16H16FNO/c17-14-7-4-8-15(19-13-9-10-18-11-13)16(14)12-5-2-1-3-6-12/h1-8,13,18H,9-11H2/t13-/m0/s1. The molecule has 2 aromatic carbocycles. The number of nitrogens with one attached hydrogen (secondary N) is 1. The molecule has 0 amide bonds. The highest BCUT2D eigenvalue weighted by atomic mass is 19.1. The summed E-state index contributed by atoms with van der Waals surface area (Å²) < 4.78 is 20.1. The molecule has 3 rings (SSSR count). The lowest BCUT2D eigenvalue weighted by molar-refractivity contribution is 0.223. The molecule has 1 fully saturated rings. The van der Waals surface area contributed by atoms with E-state index in [1.807, 2.05) is 36.4 Å². The maximum absolute atomic E-state index is 14.1. The summed E-state index contributed by atoms with van der Waals surface area (Å²) in [7, 11) is 0. The second-order valence-electron chi connectivity index (χ2n) is 4.71. The van der Waals surface area contributed by atoms with E-state index >= 15 is 0 Å². The second-order valence-corrected chi connectivity index (χ2v) is 4.71. The van der Waals surface area contributed by atoms with Gasteiger partial charge in [0, 0.05) is 6.54 Å². The van der Waals surface area contributed by atoms with E-state index in [4.69, 9.17) is 4.74 Å². The Morgan fingerprint density at radius 3 is 2.63 bits per heavy atom. The van der Waals surface area contributed by atoms with Crippen molar-refractivity contribution in [3.8, 4) is 16.9 Å². The Kier molecular flexibility index (Phi) is 3.47. The third kappa shape index (κ3) is 2.61.